The van der Waals surface area contributed by atoms with Gasteiger partial charge >= 0.3 is 10.2 Å². The van der Waals surface area contributed by atoms with Crippen molar-refractivity contribution in [1.82, 2.24) is 4.98 Å². The Bertz CT molecular complexity index is 1250. The molecule has 4 nitrogen and oxygen atoms in total. The summed E-state index contributed by atoms with van der Waals surface area (Å²) in [6.07, 6.45) is 4.31. The Hall–Kier alpha value is -1.75. The zero-order chi connectivity index (χ0) is 26.5. The third kappa shape index (κ3) is 4.10. The predicted octanol–water partition coefficient (Wildman–Crippen LogP) is 8.14. The van der Waals surface area contributed by atoms with Gasteiger partial charge in [-0.15, -0.1) is 0 Å². The van der Waals surface area contributed by atoms with Crippen LogP contribution in [-0.4, -0.2) is 23.3 Å². The topological polar surface area (TPSA) is 51.6 Å². The molecule has 0 bridgehead atoms. The molecule has 1 unspecified atom stereocenters. The Balaban J connectivity index is 1.54. The molecule has 4 aliphatic rings. The van der Waals surface area contributed by atoms with Crippen molar-refractivity contribution in [1.29, 1.82) is 0 Å². The van der Waals surface area contributed by atoms with E-state index in [9.17, 15) is 24.5 Å². The van der Waals surface area contributed by atoms with E-state index in [0.29, 0.717) is 50.2 Å². The molecule has 37 heavy (non-hydrogen) atoms. The average molecular weight is 546 g/mol. The number of ether oxygens (including phenoxy) is 2. The highest BCUT2D eigenvalue weighted by Crippen LogP contribution is 3.02. The van der Waals surface area contributed by atoms with Crippen LogP contribution in [0.5, 0.6) is 0 Å². The van der Waals surface area contributed by atoms with Gasteiger partial charge in [0.2, 0.25) is 0 Å². The van der Waals surface area contributed by atoms with Crippen molar-refractivity contribution in [2.24, 2.45) is 5.41 Å². The van der Waals surface area contributed by atoms with Crippen LogP contribution in [0.25, 0.3) is 0 Å². The molecule has 1 aromatic carbocycles. The van der Waals surface area contributed by atoms with Gasteiger partial charge in [-0.05, 0) is 60.3 Å². The van der Waals surface area contributed by atoms with Crippen LogP contribution in [0.3, 0.4) is 0 Å². The van der Waals surface area contributed by atoms with E-state index in [1.165, 1.54) is 0 Å². The second kappa shape index (κ2) is 7.46. The molecule has 1 aromatic heterocycles. The van der Waals surface area contributed by atoms with Crippen molar-refractivity contribution in [3.8, 4) is 0 Å². The van der Waals surface area contributed by atoms with Gasteiger partial charge in [0.15, 0.2) is 0 Å². The van der Waals surface area contributed by atoms with Crippen molar-refractivity contribution in [2.45, 2.75) is 87.4 Å². The van der Waals surface area contributed by atoms with Gasteiger partial charge in [0.05, 0.1) is 11.7 Å². The molecule has 2 fully saturated rings. The summed E-state index contributed by atoms with van der Waals surface area (Å²) >= 11 is 0. The standard InChI is InChI=1S/C27H32F5NO3S/c1-16(2)24-22-23(21-19(33-24)14-26(8-3-9-26)15-20(21)34)27(10-12-35-13-11-27)36-25(22)17-4-6-18(7-5-17)37(28,29,30,31)32/h4-7,16,20,25,34H,3,8-15H2,1-2H3/t20?,25-/m1/s1. The molecule has 10 heteroatoms. The van der Waals surface area contributed by atoms with Crippen molar-refractivity contribution in [3.05, 3.63) is 57.9 Å². The molecule has 2 aromatic rings. The number of fused-ring (bicyclic) bond motifs is 4. The average Bonchev–Trinajstić information content (AvgIpc) is 3.10. The molecule has 3 heterocycles. The normalized spacial score (nSPS) is 27.9. The summed E-state index contributed by atoms with van der Waals surface area (Å²) in [5.74, 6) is -0.0134. The van der Waals surface area contributed by atoms with E-state index >= 15 is 0 Å². The number of hydrogen-bond donors (Lipinski definition) is 1. The van der Waals surface area contributed by atoms with E-state index in [2.05, 4.69) is 0 Å². The fourth-order valence-corrected chi connectivity index (χ4v) is 7.57. The van der Waals surface area contributed by atoms with Gasteiger partial charge in [0.1, 0.15) is 11.0 Å². The lowest BCUT2D eigenvalue weighted by Gasteiger charge is -2.48. The van der Waals surface area contributed by atoms with Crippen LogP contribution in [-0.2, 0) is 21.5 Å². The molecule has 2 atom stereocenters. The summed E-state index contributed by atoms with van der Waals surface area (Å²) in [6.45, 7) is 4.92. The Kier molecular flexibility index (Phi) is 5.15. The summed E-state index contributed by atoms with van der Waals surface area (Å²) in [7, 11) is -9.80. The van der Waals surface area contributed by atoms with Gasteiger partial charge < -0.3 is 14.6 Å². The second-order valence-corrected chi connectivity index (χ2v) is 14.1. The van der Waals surface area contributed by atoms with Crippen LogP contribution in [0.2, 0.25) is 0 Å². The molecule has 2 aliphatic heterocycles. The Morgan fingerprint density at radius 2 is 1.62 bits per heavy atom. The number of pyridine rings is 1. The van der Waals surface area contributed by atoms with Crippen LogP contribution in [0.15, 0.2) is 29.2 Å². The van der Waals surface area contributed by atoms with Crippen LogP contribution >= 0.6 is 10.2 Å². The molecule has 2 aliphatic carbocycles. The first kappa shape index (κ1) is 25.5. The van der Waals surface area contributed by atoms with E-state index in [0.717, 1.165) is 65.9 Å². The van der Waals surface area contributed by atoms with Gasteiger partial charge in [-0.3, -0.25) is 4.98 Å². The van der Waals surface area contributed by atoms with E-state index in [-0.39, 0.29) is 11.3 Å². The maximum absolute atomic E-state index is 13.4. The number of hydrogen-bond acceptors (Lipinski definition) is 4. The molecule has 1 saturated heterocycles. The van der Waals surface area contributed by atoms with Crippen LogP contribution in [0.1, 0.15) is 104 Å². The molecule has 2 spiro atoms. The van der Waals surface area contributed by atoms with Gasteiger partial charge in [0, 0.05) is 48.6 Å². The molecular formula is C27H32F5NO3S. The first-order valence-electron chi connectivity index (χ1n) is 13.0. The van der Waals surface area contributed by atoms with Gasteiger partial charge in [-0.1, -0.05) is 51.8 Å². The van der Waals surface area contributed by atoms with Crippen molar-refractivity contribution in [2.75, 3.05) is 13.2 Å². The molecule has 0 amide bonds. The smallest absolute Gasteiger partial charge is 0.310 e. The quantitative estimate of drug-likeness (QED) is 0.396. The fraction of sp³-hybridized carbons (Fsp3) is 0.593. The Morgan fingerprint density at radius 3 is 2.16 bits per heavy atom. The number of nitrogens with zero attached hydrogens (tertiary/aromatic N) is 1. The maximum Gasteiger partial charge on any atom is 0.310 e. The SMILES string of the molecule is CC(C)c1nc2c(c3c1[C@@H](c1ccc(S(F)(F)(F)(F)F)cc1)OC31CCOCC1)C(O)CC1(CCC1)C2. The lowest BCUT2D eigenvalue weighted by atomic mass is 9.58. The number of aliphatic hydroxyl groups excluding tert-OH is 1. The molecule has 6 rings (SSSR count). The molecular weight excluding hydrogens is 513 g/mol. The monoisotopic (exact) mass is 545 g/mol. The summed E-state index contributed by atoms with van der Waals surface area (Å²) in [4.78, 5) is 3.16. The number of aliphatic hydroxyl groups is 1. The summed E-state index contributed by atoms with van der Waals surface area (Å²) < 4.78 is 79.3. The van der Waals surface area contributed by atoms with Gasteiger partial charge in [-0.25, -0.2) is 0 Å². The third-order valence-corrected chi connectivity index (χ3v) is 10.00. The lowest BCUT2D eigenvalue weighted by Crippen LogP contribution is -2.40. The first-order chi connectivity index (χ1) is 17.1. The lowest BCUT2D eigenvalue weighted by molar-refractivity contribution is -0.122. The minimum Gasteiger partial charge on any atom is -0.388 e. The summed E-state index contributed by atoms with van der Waals surface area (Å²) in [6, 6.07) is 3.07. The van der Waals surface area contributed by atoms with E-state index in [1.807, 2.05) is 13.8 Å². The van der Waals surface area contributed by atoms with E-state index in [4.69, 9.17) is 14.5 Å². The molecule has 204 valence electrons. The fourth-order valence-electron chi connectivity index (χ4n) is 6.92. The zero-order valence-corrected chi connectivity index (χ0v) is 21.7. The van der Waals surface area contributed by atoms with Crippen molar-refractivity contribution >= 4 is 10.2 Å². The second-order valence-electron chi connectivity index (χ2n) is 11.7. The van der Waals surface area contributed by atoms with Crippen LogP contribution in [0.4, 0.5) is 19.4 Å². The van der Waals surface area contributed by atoms with Gasteiger partial charge in [0.25, 0.3) is 0 Å². The summed E-state index contributed by atoms with van der Waals surface area (Å²) in [5, 5.41) is 11.5. The van der Waals surface area contributed by atoms with Gasteiger partial charge in [-0.2, -0.15) is 0 Å². The van der Waals surface area contributed by atoms with Crippen LogP contribution in [0, 0.1) is 5.41 Å². The highest BCUT2D eigenvalue weighted by atomic mass is 32.5. The highest BCUT2D eigenvalue weighted by Gasteiger charge is 2.65. The minimum atomic E-state index is -9.80. The number of benzene rings is 1. The summed E-state index contributed by atoms with van der Waals surface area (Å²) in [5.41, 5.74) is 3.80. The van der Waals surface area contributed by atoms with Crippen LogP contribution < -0.4 is 0 Å². The molecule has 0 radical (unpaired) electrons. The minimum absolute atomic E-state index is 0.0134. The highest BCUT2D eigenvalue weighted by molar-refractivity contribution is 8.45. The number of rotatable bonds is 3. The first-order valence-corrected chi connectivity index (χ1v) is 14.9. The Morgan fingerprint density at radius 1 is 0.973 bits per heavy atom. The van der Waals surface area contributed by atoms with E-state index < -0.39 is 32.9 Å². The molecule has 1 saturated carbocycles. The largest absolute Gasteiger partial charge is 0.388 e. The third-order valence-electron chi connectivity index (χ3n) is 8.83. The van der Waals surface area contributed by atoms with E-state index in [1.54, 1.807) is 0 Å². The van der Waals surface area contributed by atoms with Crippen molar-refractivity contribution < 1.29 is 34.0 Å². The Labute approximate surface area is 213 Å². The number of halogens is 5. The number of aromatic nitrogens is 1. The zero-order valence-electron chi connectivity index (χ0n) is 20.9. The molecule has 1 N–H and O–H groups in total. The predicted molar refractivity (Wildman–Crippen MR) is 130 cm³/mol. The maximum atomic E-state index is 13.4. The van der Waals surface area contributed by atoms with Crippen molar-refractivity contribution in [3.63, 3.8) is 0 Å².